The van der Waals surface area contributed by atoms with Crippen molar-refractivity contribution >= 4 is 25.7 Å². The molecule has 22 heavy (non-hydrogen) atoms. The minimum atomic E-state index is -2.35. The lowest BCUT2D eigenvalue weighted by molar-refractivity contribution is 0.667. The molecule has 2 nitrogen and oxygen atoms in total. The van der Waals surface area contributed by atoms with Gasteiger partial charge in [0.1, 0.15) is 0 Å². The predicted octanol–water partition coefficient (Wildman–Crippen LogP) is 5.67. The summed E-state index contributed by atoms with van der Waals surface area (Å²) in [5, 5.41) is 0. The van der Waals surface area contributed by atoms with Crippen molar-refractivity contribution in [3.8, 4) is 0 Å². The summed E-state index contributed by atoms with van der Waals surface area (Å²) in [6, 6.07) is 17.6. The van der Waals surface area contributed by atoms with Gasteiger partial charge in [-0.05, 0) is 30.2 Å². The maximum absolute atomic E-state index is 13.4. The van der Waals surface area contributed by atoms with E-state index < -0.39 is 9.73 Å². The molecule has 0 bridgehead atoms. The molecule has 0 saturated carbocycles. The van der Waals surface area contributed by atoms with Gasteiger partial charge in [-0.3, -0.25) is 0 Å². The van der Waals surface area contributed by atoms with Crippen molar-refractivity contribution in [3.63, 3.8) is 0 Å². The van der Waals surface area contributed by atoms with Gasteiger partial charge in [-0.2, -0.15) is 0 Å². The summed E-state index contributed by atoms with van der Waals surface area (Å²) in [5.74, 6) is 0.634. The molecule has 0 aromatic heterocycles. The molecule has 1 atom stereocenters. The van der Waals surface area contributed by atoms with E-state index >= 15 is 0 Å². The number of rotatable bonds is 7. The molecule has 0 heterocycles. The van der Waals surface area contributed by atoms with Gasteiger partial charge in [0.15, 0.2) is 0 Å². The van der Waals surface area contributed by atoms with Crippen LogP contribution in [0.25, 0.3) is 0 Å². The Morgan fingerprint density at radius 1 is 1.00 bits per heavy atom. The molecule has 0 spiro atoms. The van der Waals surface area contributed by atoms with E-state index in [1.54, 1.807) is 0 Å². The molecular formula is C18H22BrNOS. The highest BCUT2D eigenvalue weighted by molar-refractivity contribution is 9.10. The highest BCUT2D eigenvalue weighted by Crippen LogP contribution is 2.21. The molecule has 0 aliphatic heterocycles. The van der Waals surface area contributed by atoms with Gasteiger partial charge >= 0.3 is 0 Å². The Balaban J connectivity index is 2.30. The zero-order chi connectivity index (χ0) is 15.8. The molecule has 2 aromatic carbocycles. The lowest BCUT2D eigenvalue weighted by atomic mass is 10.2. The normalized spacial score (nSPS) is 13.5. The molecule has 1 unspecified atom stereocenters. The number of halogens is 1. The molecule has 2 aromatic rings. The average molecular weight is 380 g/mol. The fourth-order valence-corrected chi connectivity index (χ4v) is 4.69. The van der Waals surface area contributed by atoms with Crippen molar-refractivity contribution in [2.24, 2.45) is 4.36 Å². The largest absolute Gasteiger partial charge is 0.245 e. The standard InChI is InChI=1S/C18H22BrNOS/c1-2-3-9-14-22(21,17-11-5-4-6-12-17)20-15-16-10-7-8-13-18(16)19/h4-8,10-13H,2-3,9,14-15H2,1H3. The number of nitrogens with zero attached hydrogens (tertiary/aromatic N) is 1. The van der Waals surface area contributed by atoms with Crippen LogP contribution in [0.4, 0.5) is 0 Å². The van der Waals surface area contributed by atoms with Crippen LogP contribution in [0.3, 0.4) is 0 Å². The highest BCUT2D eigenvalue weighted by Gasteiger charge is 2.12. The van der Waals surface area contributed by atoms with Gasteiger partial charge in [0, 0.05) is 15.1 Å². The Kier molecular flexibility index (Phi) is 6.65. The Bertz CT molecular complexity index is 706. The molecule has 0 saturated heterocycles. The third-order valence-corrected chi connectivity index (χ3v) is 6.71. The van der Waals surface area contributed by atoms with E-state index in [-0.39, 0.29) is 0 Å². The third-order valence-electron chi connectivity index (χ3n) is 3.54. The van der Waals surface area contributed by atoms with E-state index in [0.29, 0.717) is 12.3 Å². The van der Waals surface area contributed by atoms with Crippen LogP contribution in [0.15, 0.2) is 68.3 Å². The van der Waals surface area contributed by atoms with Crippen LogP contribution in [0.1, 0.15) is 31.7 Å². The smallest absolute Gasteiger partial charge is 0.0755 e. The first-order valence-electron chi connectivity index (χ1n) is 7.65. The third kappa shape index (κ3) is 4.68. The molecule has 0 fully saturated rings. The van der Waals surface area contributed by atoms with E-state index in [2.05, 4.69) is 27.2 Å². The summed E-state index contributed by atoms with van der Waals surface area (Å²) < 4.78 is 19.0. The van der Waals surface area contributed by atoms with Crippen LogP contribution >= 0.6 is 15.9 Å². The van der Waals surface area contributed by atoms with Gasteiger partial charge in [-0.25, -0.2) is 8.57 Å². The van der Waals surface area contributed by atoms with Crippen molar-refractivity contribution in [3.05, 3.63) is 64.6 Å². The van der Waals surface area contributed by atoms with Crippen molar-refractivity contribution in [2.75, 3.05) is 5.75 Å². The van der Waals surface area contributed by atoms with Crippen LogP contribution in [0, 0.1) is 0 Å². The molecule has 2 rings (SSSR count). The lowest BCUT2D eigenvalue weighted by Crippen LogP contribution is -2.07. The minimum absolute atomic E-state index is 0.473. The maximum Gasteiger partial charge on any atom is 0.0755 e. The fraction of sp³-hybridized carbons (Fsp3) is 0.333. The molecule has 0 aliphatic rings. The monoisotopic (exact) mass is 379 g/mol. The molecule has 0 aliphatic carbocycles. The summed E-state index contributed by atoms with van der Waals surface area (Å²) >= 11 is 3.53. The number of benzene rings is 2. The molecule has 4 heteroatoms. The number of hydrogen-bond donors (Lipinski definition) is 0. The first kappa shape index (κ1) is 17.2. The summed E-state index contributed by atoms with van der Waals surface area (Å²) in [6.07, 6.45) is 3.16. The Hall–Kier alpha value is -1.13. The zero-order valence-corrected chi connectivity index (χ0v) is 15.3. The van der Waals surface area contributed by atoms with E-state index in [0.717, 1.165) is 34.2 Å². The lowest BCUT2D eigenvalue weighted by Gasteiger charge is -2.11. The maximum atomic E-state index is 13.4. The summed E-state index contributed by atoms with van der Waals surface area (Å²) in [6.45, 7) is 2.63. The molecule has 118 valence electrons. The second-order valence-corrected chi connectivity index (χ2v) is 8.52. The average Bonchev–Trinajstić information content (AvgIpc) is 2.55. The topological polar surface area (TPSA) is 29.4 Å². The molecular weight excluding hydrogens is 358 g/mol. The number of unbranched alkanes of at least 4 members (excludes halogenated alkanes) is 2. The highest BCUT2D eigenvalue weighted by atomic mass is 79.9. The van der Waals surface area contributed by atoms with Gasteiger partial charge in [0.2, 0.25) is 0 Å². The van der Waals surface area contributed by atoms with Gasteiger partial charge in [-0.1, -0.05) is 72.1 Å². The van der Waals surface area contributed by atoms with Crippen LogP contribution in [0.2, 0.25) is 0 Å². The quantitative estimate of drug-likeness (QED) is 0.570. The van der Waals surface area contributed by atoms with Gasteiger partial charge in [0.05, 0.1) is 16.3 Å². The summed E-state index contributed by atoms with van der Waals surface area (Å²) in [5.41, 5.74) is 1.07. The zero-order valence-electron chi connectivity index (χ0n) is 12.9. The van der Waals surface area contributed by atoms with Gasteiger partial charge in [0.25, 0.3) is 0 Å². The predicted molar refractivity (Wildman–Crippen MR) is 97.5 cm³/mol. The molecule has 0 N–H and O–H groups in total. The van der Waals surface area contributed by atoms with E-state index in [4.69, 9.17) is 0 Å². The number of hydrogen-bond acceptors (Lipinski definition) is 2. The second kappa shape index (κ2) is 8.49. The van der Waals surface area contributed by atoms with Gasteiger partial charge in [-0.15, -0.1) is 0 Å². The Morgan fingerprint density at radius 2 is 1.68 bits per heavy atom. The van der Waals surface area contributed by atoms with Crippen LogP contribution in [-0.2, 0) is 16.3 Å². The van der Waals surface area contributed by atoms with Gasteiger partial charge < -0.3 is 0 Å². The Labute approximate surface area is 142 Å². The van der Waals surface area contributed by atoms with Crippen molar-refractivity contribution in [1.29, 1.82) is 0 Å². The first-order chi connectivity index (χ1) is 10.7. The van der Waals surface area contributed by atoms with E-state index in [1.807, 2.05) is 54.6 Å². The van der Waals surface area contributed by atoms with E-state index in [9.17, 15) is 4.21 Å². The fourth-order valence-electron chi connectivity index (χ4n) is 2.24. The van der Waals surface area contributed by atoms with Crippen molar-refractivity contribution < 1.29 is 4.21 Å². The summed E-state index contributed by atoms with van der Waals surface area (Å²) in [7, 11) is -2.35. The van der Waals surface area contributed by atoms with Crippen LogP contribution in [-0.4, -0.2) is 9.96 Å². The SMILES string of the molecule is CCCCCS(=O)(=NCc1ccccc1Br)c1ccccc1. The van der Waals surface area contributed by atoms with Crippen LogP contribution < -0.4 is 0 Å². The minimum Gasteiger partial charge on any atom is -0.245 e. The molecule has 0 amide bonds. The molecule has 0 radical (unpaired) electrons. The Morgan fingerprint density at radius 3 is 2.36 bits per heavy atom. The van der Waals surface area contributed by atoms with E-state index in [1.165, 1.54) is 0 Å². The van der Waals surface area contributed by atoms with Crippen molar-refractivity contribution in [2.45, 2.75) is 37.6 Å². The first-order valence-corrected chi connectivity index (χ1v) is 10.1. The van der Waals surface area contributed by atoms with Crippen LogP contribution in [0.5, 0.6) is 0 Å². The summed E-state index contributed by atoms with van der Waals surface area (Å²) in [4.78, 5) is 0.846. The van der Waals surface area contributed by atoms with Crippen molar-refractivity contribution in [1.82, 2.24) is 0 Å². The second-order valence-electron chi connectivity index (χ2n) is 5.24.